The van der Waals surface area contributed by atoms with E-state index in [-0.39, 0.29) is 22.6 Å². The van der Waals surface area contributed by atoms with Gasteiger partial charge < -0.3 is 10.2 Å². The predicted octanol–water partition coefficient (Wildman–Crippen LogP) is 1.35. The summed E-state index contributed by atoms with van der Waals surface area (Å²) >= 11 is 0. The molecule has 8 heteroatoms. The molecule has 0 aromatic heterocycles. The monoisotopic (exact) mass is 379 g/mol. The Morgan fingerprint density at radius 2 is 1.81 bits per heavy atom. The molecule has 2 fully saturated rings. The highest BCUT2D eigenvalue weighted by Gasteiger charge is 2.32. The van der Waals surface area contributed by atoms with Gasteiger partial charge in [0.2, 0.25) is 21.8 Å². The number of nitrogens with zero attached hydrogens (tertiary/aromatic N) is 2. The Bertz CT molecular complexity index is 768. The van der Waals surface area contributed by atoms with E-state index in [1.807, 2.05) is 6.92 Å². The Balaban J connectivity index is 1.67. The van der Waals surface area contributed by atoms with Crippen LogP contribution in [0.25, 0.3) is 0 Å². The molecule has 2 aliphatic rings. The second-order valence-electron chi connectivity index (χ2n) is 6.72. The van der Waals surface area contributed by atoms with E-state index in [1.165, 1.54) is 4.31 Å². The largest absolute Gasteiger partial charge is 0.356 e. The Morgan fingerprint density at radius 1 is 1.15 bits per heavy atom. The average molecular weight is 379 g/mol. The van der Waals surface area contributed by atoms with E-state index >= 15 is 0 Å². The first-order valence-electron chi connectivity index (χ1n) is 9.11. The number of anilines is 1. The molecule has 3 rings (SSSR count). The van der Waals surface area contributed by atoms with E-state index in [4.69, 9.17) is 0 Å². The molecule has 0 radical (unpaired) electrons. The zero-order chi connectivity index (χ0) is 18.7. The summed E-state index contributed by atoms with van der Waals surface area (Å²) in [4.78, 5) is 25.6. The molecule has 7 nitrogen and oxygen atoms in total. The molecule has 0 bridgehead atoms. The quantitative estimate of drug-likeness (QED) is 0.837. The minimum absolute atomic E-state index is 0.00387. The number of nitrogens with one attached hydrogen (secondary N) is 1. The van der Waals surface area contributed by atoms with Gasteiger partial charge in [-0.1, -0.05) is 0 Å². The summed E-state index contributed by atoms with van der Waals surface area (Å²) in [7, 11) is -3.58. The first-order chi connectivity index (χ1) is 12.4. The minimum Gasteiger partial charge on any atom is -0.356 e. The highest BCUT2D eigenvalue weighted by molar-refractivity contribution is 7.89. The van der Waals surface area contributed by atoms with Crippen molar-refractivity contribution in [2.45, 2.75) is 37.5 Å². The number of carbonyl (C=O) groups is 2. The number of carbonyl (C=O) groups excluding carboxylic acids is 2. The number of amides is 2. The second-order valence-corrected chi connectivity index (χ2v) is 8.65. The lowest BCUT2D eigenvalue weighted by molar-refractivity contribution is -0.126. The van der Waals surface area contributed by atoms with Crippen molar-refractivity contribution in [3.8, 4) is 0 Å². The maximum absolute atomic E-state index is 12.8. The van der Waals surface area contributed by atoms with Gasteiger partial charge in [0.15, 0.2) is 0 Å². The lowest BCUT2D eigenvalue weighted by atomic mass is 9.97. The summed E-state index contributed by atoms with van der Waals surface area (Å²) < 4.78 is 27.1. The Labute approximate surface area is 154 Å². The topological polar surface area (TPSA) is 86.8 Å². The zero-order valence-corrected chi connectivity index (χ0v) is 15.8. The molecule has 2 saturated heterocycles. The molecule has 2 aliphatic heterocycles. The van der Waals surface area contributed by atoms with Crippen molar-refractivity contribution in [2.75, 3.05) is 31.1 Å². The van der Waals surface area contributed by atoms with Gasteiger partial charge in [-0.15, -0.1) is 0 Å². The van der Waals surface area contributed by atoms with E-state index < -0.39 is 10.0 Å². The maximum atomic E-state index is 12.8. The van der Waals surface area contributed by atoms with Gasteiger partial charge in [-0.3, -0.25) is 9.59 Å². The van der Waals surface area contributed by atoms with Crippen molar-refractivity contribution in [3.05, 3.63) is 24.3 Å². The van der Waals surface area contributed by atoms with Gasteiger partial charge in [0.25, 0.3) is 0 Å². The molecule has 2 heterocycles. The fraction of sp³-hybridized carbons (Fsp3) is 0.556. The SMILES string of the molecule is CCNC(=O)C1CCN(S(=O)(=O)c2ccc(N3CCCC3=O)cc2)CC1. The van der Waals surface area contributed by atoms with Gasteiger partial charge in [-0.25, -0.2) is 8.42 Å². The molecule has 0 aliphatic carbocycles. The van der Waals surface area contributed by atoms with Crippen molar-refractivity contribution in [2.24, 2.45) is 5.92 Å². The standard InChI is InChI=1S/C18H25N3O4S/c1-2-19-18(23)14-9-12-20(13-10-14)26(24,25)16-7-5-15(6-8-16)21-11-3-4-17(21)22/h5-8,14H,2-4,9-13H2,1H3,(H,19,23). The predicted molar refractivity (Wildman–Crippen MR) is 98.2 cm³/mol. The van der Waals surface area contributed by atoms with Crippen LogP contribution in [0.2, 0.25) is 0 Å². The molecular formula is C18H25N3O4S. The normalized spacial score (nSPS) is 19.7. The maximum Gasteiger partial charge on any atom is 0.243 e. The van der Waals surface area contributed by atoms with Gasteiger partial charge in [0.1, 0.15) is 0 Å². The molecule has 0 saturated carbocycles. The number of rotatable bonds is 5. The lowest BCUT2D eigenvalue weighted by Gasteiger charge is -2.30. The number of benzene rings is 1. The van der Waals surface area contributed by atoms with Crippen LogP contribution in [0.1, 0.15) is 32.6 Å². The summed E-state index contributed by atoms with van der Waals surface area (Å²) in [6.07, 6.45) is 2.44. The van der Waals surface area contributed by atoms with Crippen molar-refractivity contribution in [3.63, 3.8) is 0 Å². The van der Waals surface area contributed by atoms with Crippen LogP contribution in [-0.4, -0.2) is 50.7 Å². The van der Waals surface area contributed by atoms with Gasteiger partial charge in [0.05, 0.1) is 4.90 Å². The average Bonchev–Trinajstić information content (AvgIpc) is 3.08. The Morgan fingerprint density at radius 3 is 2.35 bits per heavy atom. The van der Waals surface area contributed by atoms with Gasteiger partial charge >= 0.3 is 0 Å². The van der Waals surface area contributed by atoms with Crippen LogP contribution in [0.4, 0.5) is 5.69 Å². The summed E-state index contributed by atoms with van der Waals surface area (Å²) in [5.41, 5.74) is 0.737. The first-order valence-corrected chi connectivity index (χ1v) is 10.6. The third-order valence-corrected chi connectivity index (χ3v) is 6.95. The van der Waals surface area contributed by atoms with E-state index in [9.17, 15) is 18.0 Å². The molecule has 1 aromatic carbocycles. The Kier molecular flexibility index (Phi) is 5.62. The molecule has 142 valence electrons. The number of sulfonamides is 1. The van der Waals surface area contributed by atoms with Crippen molar-refractivity contribution >= 4 is 27.5 Å². The molecule has 0 spiro atoms. The Hall–Kier alpha value is -1.93. The fourth-order valence-corrected chi connectivity index (χ4v) is 5.01. The van der Waals surface area contributed by atoms with E-state index in [1.54, 1.807) is 29.2 Å². The lowest BCUT2D eigenvalue weighted by Crippen LogP contribution is -2.42. The zero-order valence-electron chi connectivity index (χ0n) is 15.0. The first kappa shape index (κ1) is 18.8. The number of piperidine rings is 1. The molecule has 0 atom stereocenters. The van der Waals surface area contributed by atoms with E-state index in [0.717, 1.165) is 12.1 Å². The summed E-state index contributed by atoms with van der Waals surface area (Å²) in [6, 6.07) is 6.51. The van der Waals surface area contributed by atoms with E-state index in [2.05, 4.69) is 5.32 Å². The highest BCUT2D eigenvalue weighted by Crippen LogP contribution is 2.27. The molecule has 1 aromatic rings. The van der Waals surface area contributed by atoms with Crippen LogP contribution in [0, 0.1) is 5.92 Å². The number of hydrogen-bond donors (Lipinski definition) is 1. The van der Waals surface area contributed by atoms with Crippen molar-refractivity contribution in [1.82, 2.24) is 9.62 Å². The molecule has 26 heavy (non-hydrogen) atoms. The molecule has 1 N–H and O–H groups in total. The van der Waals surface area contributed by atoms with Crippen LogP contribution < -0.4 is 10.2 Å². The fourth-order valence-electron chi connectivity index (χ4n) is 3.55. The van der Waals surface area contributed by atoms with Gasteiger partial charge in [-0.05, 0) is 50.5 Å². The minimum atomic E-state index is -3.58. The summed E-state index contributed by atoms with van der Waals surface area (Å²) in [6.45, 7) is 3.82. The third kappa shape index (κ3) is 3.76. The van der Waals surface area contributed by atoms with Gasteiger partial charge in [-0.2, -0.15) is 4.31 Å². The molecule has 2 amide bonds. The summed E-state index contributed by atoms with van der Waals surface area (Å²) in [5.74, 6) is -0.0397. The summed E-state index contributed by atoms with van der Waals surface area (Å²) in [5, 5.41) is 2.80. The van der Waals surface area contributed by atoms with Crippen molar-refractivity contribution < 1.29 is 18.0 Å². The third-order valence-electron chi connectivity index (χ3n) is 5.04. The van der Waals surface area contributed by atoms with Crippen LogP contribution >= 0.6 is 0 Å². The van der Waals surface area contributed by atoms with Crippen LogP contribution in [0.15, 0.2) is 29.2 Å². The smallest absolute Gasteiger partial charge is 0.243 e. The van der Waals surface area contributed by atoms with Crippen LogP contribution in [0.3, 0.4) is 0 Å². The second kappa shape index (κ2) is 7.75. The van der Waals surface area contributed by atoms with E-state index in [0.29, 0.717) is 45.4 Å². The molecular weight excluding hydrogens is 354 g/mol. The van der Waals surface area contributed by atoms with Crippen LogP contribution in [0.5, 0.6) is 0 Å². The molecule has 0 unspecified atom stereocenters. The van der Waals surface area contributed by atoms with Gasteiger partial charge in [0, 0.05) is 44.2 Å². The highest BCUT2D eigenvalue weighted by atomic mass is 32.2. The number of hydrogen-bond acceptors (Lipinski definition) is 4. The van der Waals surface area contributed by atoms with Crippen LogP contribution in [-0.2, 0) is 19.6 Å². The van der Waals surface area contributed by atoms with Crippen molar-refractivity contribution in [1.29, 1.82) is 0 Å².